The van der Waals surface area contributed by atoms with Crippen LogP contribution in [0.4, 0.5) is 0 Å². The topological polar surface area (TPSA) is 84.0 Å². The van der Waals surface area contributed by atoms with E-state index in [4.69, 9.17) is 9.47 Å². The third kappa shape index (κ3) is 10.3. The zero-order chi connectivity index (χ0) is 19.4. The van der Waals surface area contributed by atoms with Gasteiger partial charge in [0.15, 0.2) is 24.1 Å². The normalized spacial score (nSPS) is 10.8. The lowest BCUT2D eigenvalue weighted by molar-refractivity contribution is -0.123. The highest BCUT2D eigenvalue weighted by atomic mass is 127. The minimum atomic E-state index is -0.156. The molecule has 0 fully saturated rings. The number of carbonyl (C=O) groups is 1. The molecule has 7 nitrogen and oxygen atoms in total. The molecule has 8 heteroatoms. The summed E-state index contributed by atoms with van der Waals surface area (Å²) in [4.78, 5) is 15.7. The fourth-order valence-corrected chi connectivity index (χ4v) is 2.22. The van der Waals surface area contributed by atoms with Crippen LogP contribution in [0.2, 0.25) is 0 Å². The lowest BCUT2D eigenvalue weighted by atomic mass is 10.1. The molecule has 0 saturated carbocycles. The van der Waals surface area contributed by atoms with Gasteiger partial charge in [-0.15, -0.1) is 24.0 Å². The number of methoxy groups -OCH3 is 1. The first-order valence-electron chi connectivity index (χ1n) is 9.01. The second kappa shape index (κ2) is 14.4. The van der Waals surface area contributed by atoms with E-state index in [9.17, 15) is 4.79 Å². The molecule has 1 rings (SSSR count). The van der Waals surface area contributed by atoms with E-state index in [0.29, 0.717) is 30.5 Å². The largest absolute Gasteiger partial charge is 0.493 e. The van der Waals surface area contributed by atoms with Crippen LogP contribution in [0.5, 0.6) is 11.5 Å². The number of ether oxygens (including phenoxy) is 2. The molecule has 0 saturated heterocycles. The molecule has 0 aliphatic heterocycles. The van der Waals surface area contributed by atoms with Crippen molar-refractivity contribution in [1.29, 1.82) is 0 Å². The first kappa shape index (κ1) is 25.3. The van der Waals surface area contributed by atoms with E-state index >= 15 is 0 Å². The van der Waals surface area contributed by atoms with Crippen molar-refractivity contribution in [3.05, 3.63) is 23.8 Å². The van der Waals surface area contributed by atoms with Crippen LogP contribution >= 0.6 is 24.0 Å². The number of hydrogen-bond acceptors (Lipinski definition) is 4. The first-order valence-corrected chi connectivity index (χ1v) is 9.01. The van der Waals surface area contributed by atoms with Crippen molar-refractivity contribution < 1.29 is 14.3 Å². The molecule has 0 bridgehead atoms. The van der Waals surface area contributed by atoms with E-state index < -0.39 is 0 Å². The van der Waals surface area contributed by atoms with Crippen LogP contribution in [0.3, 0.4) is 0 Å². The van der Waals surface area contributed by atoms with E-state index in [1.807, 2.05) is 25.1 Å². The third-order valence-electron chi connectivity index (χ3n) is 3.66. The maximum atomic E-state index is 11.5. The average molecular weight is 492 g/mol. The molecule has 1 aromatic carbocycles. The van der Waals surface area contributed by atoms with Crippen LogP contribution < -0.4 is 25.4 Å². The number of halogens is 1. The highest BCUT2D eigenvalue weighted by Gasteiger charge is 2.09. The zero-order valence-electron chi connectivity index (χ0n) is 16.9. The number of likely N-dealkylation sites (N-methyl/N-ethyl adjacent to an activating group) is 1. The summed E-state index contributed by atoms with van der Waals surface area (Å²) in [5.74, 6) is 2.40. The van der Waals surface area contributed by atoms with E-state index in [1.54, 1.807) is 14.2 Å². The highest BCUT2D eigenvalue weighted by molar-refractivity contribution is 14.0. The summed E-state index contributed by atoms with van der Waals surface area (Å²) < 4.78 is 10.9. The minimum Gasteiger partial charge on any atom is -0.493 e. The van der Waals surface area contributed by atoms with E-state index in [0.717, 1.165) is 24.5 Å². The molecule has 0 aliphatic rings. The lowest BCUT2D eigenvalue weighted by Crippen LogP contribution is -2.37. The number of benzene rings is 1. The molecule has 0 spiro atoms. The number of hydrogen-bond donors (Lipinski definition) is 3. The second-order valence-corrected chi connectivity index (χ2v) is 6.26. The number of amides is 1. The van der Waals surface area contributed by atoms with E-state index in [-0.39, 0.29) is 36.5 Å². The molecule has 154 valence electrons. The van der Waals surface area contributed by atoms with Crippen molar-refractivity contribution in [2.24, 2.45) is 10.9 Å². The number of nitrogens with one attached hydrogen (secondary N) is 3. The standard InChI is InChI=1S/C19H32N4O3.HI/c1-6-21-18(24)13-26-16-8-7-15(11-17(16)25-5)12-23-19(20-4)22-10-9-14(2)3;/h7-8,11,14H,6,9-10,12-13H2,1-5H3,(H,21,24)(H2,20,22,23);1H. The molecule has 1 amide bonds. The fraction of sp³-hybridized carbons (Fsp3) is 0.579. The Morgan fingerprint density at radius 2 is 1.93 bits per heavy atom. The zero-order valence-corrected chi connectivity index (χ0v) is 19.3. The number of nitrogens with zero attached hydrogens (tertiary/aromatic N) is 1. The van der Waals surface area contributed by atoms with Gasteiger partial charge in [0.25, 0.3) is 5.91 Å². The maximum Gasteiger partial charge on any atom is 0.257 e. The Morgan fingerprint density at radius 3 is 2.52 bits per heavy atom. The molecule has 0 aromatic heterocycles. The SMILES string of the molecule is CCNC(=O)COc1ccc(CNC(=NC)NCCC(C)C)cc1OC.I. The van der Waals surface area contributed by atoms with Gasteiger partial charge in [0.05, 0.1) is 7.11 Å². The number of aliphatic imine (C=N–C) groups is 1. The van der Waals surface area contributed by atoms with Crippen LogP contribution in [0.15, 0.2) is 23.2 Å². The summed E-state index contributed by atoms with van der Waals surface area (Å²) in [7, 11) is 3.33. The Morgan fingerprint density at radius 1 is 1.19 bits per heavy atom. The molecule has 0 atom stereocenters. The molecular weight excluding hydrogens is 459 g/mol. The predicted octanol–water partition coefficient (Wildman–Crippen LogP) is 2.54. The van der Waals surface area contributed by atoms with Gasteiger partial charge in [0.2, 0.25) is 0 Å². The Hall–Kier alpha value is -1.71. The van der Waals surface area contributed by atoms with Crippen molar-refractivity contribution in [2.75, 3.05) is 33.9 Å². The molecule has 1 aromatic rings. The Kier molecular flexibility index (Phi) is 13.5. The van der Waals surface area contributed by atoms with Gasteiger partial charge in [-0.2, -0.15) is 0 Å². The van der Waals surface area contributed by atoms with Crippen LogP contribution in [-0.2, 0) is 11.3 Å². The van der Waals surface area contributed by atoms with Crippen LogP contribution in [-0.4, -0.2) is 45.7 Å². The predicted molar refractivity (Wildman–Crippen MR) is 120 cm³/mol. The van der Waals surface area contributed by atoms with Gasteiger partial charge in [-0.3, -0.25) is 9.79 Å². The molecule has 3 N–H and O–H groups in total. The average Bonchev–Trinajstić information content (AvgIpc) is 2.63. The first-order chi connectivity index (χ1) is 12.5. The van der Waals surface area contributed by atoms with Crippen LogP contribution in [0, 0.1) is 5.92 Å². The van der Waals surface area contributed by atoms with Crippen molar-refractivity contribution in [1.82, 2.24) is 16.0 Å². The molecule has 0 unspecified atom stereocenters. The van der Waals surface area contributed by atoms with Gasteiger partial charge < -0.3 is 25.4 Å². The van der Waals surface area contributed by atoms with Gasteiger partial charge >= 0.3 is 0 Å². The Balaban J connectivity index is 0.00000676. The van der Waals surface area contributed by atoms with Gasteiger partial charge in [0, 0.05) is 26.7 Å². The molecule has 0 heterocycles. The summed E-state index contributed by atoms with van der Waals surface area (Å²) >= 11 is 0. The Labute approximate surface area is 179 Å². The molecular formula is C19H33IN4O3. The number of carbonyl (C=O) groups excluding carboxylic acids is 1. The van der Waals surface area contributed by atoms with Gasteiger partial charge in [0.1, 0.15) is 0 Å². The number of rotatable bonds is 10. The van der Waals surface area contributed by atoms with Gasteiger partial charge in [-0.05, 0) is 37.0 Å². The van der Waals surface area contributed by atoms with E-state index in [2.05, 4.69) is 34.8 Å². The lowest BCUT2D eigenvalue weighted by Gasteiger charge is -2.15. The number of guanidine groups is 1. The van der Waals surface area contributed by atoms with Crippen molar-refractivity contribution in [3.63, 3.8) is 0 Å². The van der Waals surface area contributed by atoms with E-state index in [1.165, 1.54) is 0 Å². The summed E-state index contributed by atoms with van der Waals surface area (Å²) in [6.07, 6.45) is 1.09. The summed E-state index contributed by atoms with van der Waals surface area (Å²) in [5, 5.41) is 9.26. The minimum absolute atomic E-state index is 0. The summed E-state index contributed by atoms with van der Waals surface area (Å²) in [6.45, 7) is 8.29. The molecule has 0 radical (unpaired) electrons. The third-order valence-corrected chi connectivity index (χ3v) is 3.66. The van der Waals surface area contributed by atoms with Crippen molar-refractivity contribution in [3.8, 4) is 11.5 Å². The second-order valence-electron chi connectivity index (χ2n) is 6.26. The Bertz CT molecular complexity index is 594. The molecule has 0 aliphatic carbocycles. The fourth-order valence-electron chi connectivity index (χ4n) is 2.22. The van der Waals surface area contributed by atoms with Crippen LogP contribution in [0.1, 0.15) is 32.8 Å². The maximum absolute atomic E-state index is 11.5. The van der Waals surface area contributed by atoms with Crippen molar-refractivity contribution >= 4 is 35.8 Å². The van der Waals surface area contributed by atoms with Crippen molar-refractivity contribution in [2.45, 2.75) is 33.7 Å². The molecule has 27 heavy (non-hydrogen) atoms. The van der Waals surface area contributed by atoms with Gasteiger partial charge in [-0.1, -0.05) is 19.9 Å². The quantitative estimate of drug-likeness (QED) is 0.266. The van der Waals surface area contributed by atoms with Gasteiger partial charge in [-0.25, -0.2) is 0 Å². The van der Waals surface area contributed by atoms with Crippen LogP contribution in [0.25, 0.3) is 0 Å². The smallest absolute Gasteiger partial charge is 0.257 e. The highest BCUT2D eigenvalue weighted by Crippen LogP contribution is 2.28. The summed E-state index contributed by atoms with van der Waals surface area (Å²) in [5.41, 5.74) is 1.03. The monoisotopic (exact) mass is 492 g/mol. The summed E-state index contributed by atoms with van der Waals surface area (Å²) in [6, 6.07) is 5.63.